The number of pyridine rings is 1. The van der Waals surface area contributed by atoms with Crippen LogP contribution >= 0.6 is 0 Å². The lowest BCUT2D eigenvalue weighted by Gasteiger charge is -2.13. The van der Waals surface area contributed by atoms with Gasteiger partial charge in [-0.3, -0.25) is 9.78 Å². The van der Waals surface area contributed by atoms with Gasteiger partial charge in [-0.05, 0) is 48.9 Å². The average molecular weight is 391 g/mol. The lowest BCUT2D eigenvalue weighted by atomic mass is 10.1. The van der Waals surface area contributed by atoms with Gasteiger partial charge in [0.1, 0.15) is 5.75 Å². The van der Waals surface area contributed by atoms with Crippen molar-refractivity contribution < 1.29 is 19.1 Å². The van der Waals surface area contributed by atoms with E-state index in [-0.39, 0.29) is 5.91 Å². The molecule has 0 bridgehead atoms. The molecule has 0 atom stereocenters. The highest BCUT2D eigenvalue weighted by Crippen LogP contribution is 2.28. The summed E-state index contributed by atoms with van der Waals surface area (Å²) in [5.41, 5.74) is 3.69. The van der Waals surface area contributed by atoms with Crippen LogP contribution in [0.25, 0.3) is 0 Å². The maximum atomic E-state index is 12.6. The molecule has 3 rings (SSSR count). The SMILES string of the molecule is COC(=O)c1cccc(NC(=O)c2cncc(Nc3cc(C)ccc3OC)c2)c1. The second-order valence-electron chi connectivity index (χ2n) is 6.32. The van der Waals surface area contributed by atoms with Gasteiger partial charge in [0, 0.05) is 11.9 Å². The first-order valence-electron chi connectivity index (χ1n) is 8.86. The predicted molar refractivity (Wildman–Crippen MR) is 111 cm³/mol. The fourth-order valence-electron chi connectivity index (χ4n) is 2.75. The molecule has 3 aromatic rings. The van der Waals surface area contributed by atoms with Gasteiger partial charge in [0.15, 0.2) is 0 Å². The minimum absolute atomic E-state index is 0.348. The zero-order chi connectivity index (χ0) is 20.8. The van der Waals surface area contributed by atoms with Gasteiger partial charge in [-0.25, -0.2) is 4.79 Å². The van der Waals surface area contributed by atoms with E-state index in [4.69, 9.17) is 9.47 Å². The number of esters is 1. The predicted octanol–water partition coefficient (Wildman–Crippen LogP) is 4.18. The largest absolute Gasteiger partial charge is 0.495 e. The fraction of sp³-hybridized carbons (Fsp3) is 0.136. The number of anilines is 3. The van der Waals surface area contributed by atoms with Crippen molar-refractivity contribution >= 4 is 28.9 Å². The number of carbonyl (C=O) groups is 2. The summed E-state index contributed by atoms with van der Waals surface area (Å²) in [7, 11) is 2.90. The third-order valence-corrected chi connectivity index (χ3v) is 4.18. The summed E-state index contributed by atoms with van der Waals surface area (Å²) in [6.45, 7) is 1.98. The van der Waals surface area contributed by atoms with Gasteiger partial charge in [-0.15, -0.1) is 0 Å². The Labute approximate surface area is 168 Å². The number of rotatable bonds is 6. The topological polar surface area (TPSA) is 89.5 Å². The van der Waals surface area contributed by atoms with Crippen LogP contribution in [-0.4, -0.2) is 31.1 Å². The van der Waals surface area contributed by atoms with Crippen LogP contribution in [0, 0.1) is 6.92 Å². The van der Waals surface area contributed by atoms with Crippen LogP contribution in [0.15, 0.2) is 60.9 Å². The molecular formula is C22H21N3O4. The quantitative estimate of drug-likeness (QED) is 0.613. The molecule has 0 fully saturated rings. The first-order valence-corrected chi connectivity index (χ1v) is 8.86. The molecule has 7 nitrogen and oxygen atoms in total. The number of carbonyl (C=O) groups excluding carboxylic acids is 2. The van der Waals surface area contributed by atoms with Gasteiger partial charge in [0.05, 0.1) is 42.9 Å². The van der Waals surface area contributed by atoms with E-state index in [1.165, 1.54) is 13.3 Å². The lowest BCUT2D eigenvalue weighted by Crippen LogP contribution is -2.13. The van der Waals surface area contributed by atoms with Crippen LogP contribution in [0.4, 0.5) is 17.1 Å². The normalized spacial score (nSPS) is 10.2. The molecule has 0 saturated heterocycles. The number of ether oxygens (including phenoxy) is 2. The van der Waals surface area contributed by atoms with Crippen molar-refractivity contribution in [1.29, 1.82) is 0 Å². The molecule has 148 valence electrons. The fourth-order valence-corrected chi connectivity index (χ4v) is 2.75. The monoisotopic (exact) mass is 391 g/mol. The third-order valence-electron chi connectivity index (χ3n) is 4.18. The lowest BCUT2D eigenvalue weighted by molar-refractivity contribution is 0.0600. The molecule has 0 unspecified atom stereocenters. The molecule has 0 saturated carbocycles. The van der Waals surface area contributed by atoms with Crippen molar-refractivity contribution in [2.24, 2.45) is 0 Å². The number of hydrogen-bond acceptors (Lipinski definition) is 6. The summed E-state index contributed by atoms with van der Waals surface area (Å²) in [4.78, 5) is 28.4. The maximum absolute atomic E-state index is 12.6. The number of aryl methyl sites for hydroxylation is 1. The zero-order valence-electron chi connectivity index (χ0n) is 16.4. The Balaban J connectivity index is 1.78. The van der Waals surface area contributed by atoms with Gasteiger partial charge in [-0.1, -0.05) is 12.1 Å². The van der Waals surface area contributed by atoms with Gasteiger partial charge >= 0.3 is 5.97 Å². The number of hydrogen-bond donors (Lipinski definition) is 2. The van der Waals surface area contributed by atoms with E-state index in [1.807, 2.05) is 25.1 Å². The van der Waals surface area contributed by atoms with Crippen LogP contribution < -0.4 is 15.4 Å². The van der Waals surface area contributed by atoms with Gasteiger partial charge in [0.25, 0.3) is 5.91 Å². The van der Waals surface area contributed by atoms with Gasteiger partial charge in [0.2, 0.25) is 0 Å². The average Bonchev–Trinajstić information content (AvgIpc) is 2.73. The Morgan fingerprint density at radius 2 is 1.72 bits per heavy atom. The molecule has 0 aliphatic heterocycles. The Hall–Kier alpha value is -3.87. The van der Waals surface area contributed by atoms with Gasteiger partial charge in [-0.2, -0.15) is 0 Å². The van der Waals surface area contributed by atoms with Crippen LogP contribution in [0.5, 0.6) is 5.75 Å². The molecule has 0 aliphatic carbocycles. The van der Waals surface area contributed by atoms with E-state index in [1.54, 1.807) is 43.6 Å². The number of benzene rings is 2. The first kappa shape index (κ1) is 19.9. The number of aromatic nitrogens is 1. The number of amides is 1. The van der Waals surface area contributed by atoms with Crippen molar-refractivity contribution in [1.82, 2.24) is 4.98 Å². The summed E-state index contributed by atoms with van der Waals surface area (Å²) in [5.74, 6) is -0.134. The number of methoxy groups -OCH3 is 2. The molecule has 29 heavy (non-hydrogen) atoms. The van der Waals surface area contributed by atoms with Crippen molar-refractivity contribution in [3.05, 3.63) is 77.6 Å². The molecule has 2 aromatic carbocycles. The standard InChI is InChI=1S/C22H21N3O4/c1-14-7-8-20(28-2)19(9-14)24-18-11-16(12-23-13-18)21(26)25-17-6-4-5-15(10-17)22(27)29-3/h4-13,24H,1-3H3,(H,25,26). The third kappa shape index (κ3) is 4.90. The van der Waals surface area contributed by atoms with Crippen LogP contribution in [0.2, 0.25) is 0 Å². The Kier molecular flexibility index (Phi) is 6.09. The second-order valence-corrected chi connectivity index (χ2v) is 6.32. The smallest absolute Gasteiger partial charge is 0.337 e. The Morgan fingerprint density at radius 1 is 0.931 bits per heavy atom. The van der Waals surface area contributed by atoms with Crippen molar-refractivity contribution in [3.8, 4) is 5.75 Å². The second kappa shape index (κ2) is 8.88. The van der Waals surface area contributed by atoms with E-state index in [9.17, 15) is 9.59 Å². The Bertz CT molecular complexity index is 1050. The maximum Gasteiger partial charge on any atom is 0.337 e. The highest BCUT2D eigenvalue weighted by Gasteiger charge is 2.11. The minimum Gasteiger partial charge on any atom is -0.495 e. The molecule has 0 aliphatic rings. The summed E-state index contributed by atoms with van der Waals surface area (Å²) in [5, 5.41) is 5.99. The molecule has 2 N–H and O–H groups in total. The molecular weight excluding hydrogens is 370 g/mol. The summed E-state index contributed by atoms with van der Waals surface area (Å²) >= 11 is 0. The van der Waals surface area contributed by atoms with Crippen molar-refractivity contribution in [3.63, 3.8) is 0 Å². The van der Waals surface area contributed by atoms with E-state index in [0.717, 1.165) is 11.3 Å². The summed E-state index contributed by atoms with van der Waals surface area (Å²) in [6.07, 6.45) is 3.09. The molecule has 1 aromatic heterocycles. The van der Waals surface area contributed by atoms with E-state index in [0.29, 0.717) is 28.3 Å². The van der Waals surface area contributed by atoms with Crippen LogP contribution in [0.3, 0.4) is 0 Å². The van der Waals surface area contributed by atoms with Crippen molar-refractivity contribution in [2.45, 2.75) is 6.92 Å². The van der Waals surface area contributed by atoms with E-state index >= 15 is 0 Å². The highest BCUT2D eigenvalue weighted by molar-refractivity contribution is 6.05. The minimum atomic E-state index is -0.471. The summed E-state index contributed by atoms with van der Waals surface area (Å²) in [6, 6.07) is 14.0. The zero-order valence-corrected chi connectivity index (χ0v) is 16.4. The molecule has 0 spiro atoms. The highest BCUT2D eigenvalue weighted by atomic mass is 16.5. The molecule has 1 heterocycles. The Morgan fingerprint density at radius 3 is 2.48 bits per heavy atom. The molecule has 1 amide bonds. The van der Waals surface area contributed by atoms with Gasteiger partial charge < -0.3 is 20.1 Å². The van der Waals surface area contributed by atoms with Crippen molar-refractivity contribution in [2.75, 3.05) is 24.9 Å². The first-order chi connectivity index (χ1) is 14.0. The van der Waals surface area contributed by atoms with E-state index in [2.05, 4.69) is 15.6 Å². The number of nitrogens with one attached hydrogen (secondary N) is 2. The number of nitrogens with zero attached hydrogens (tertiary/aromatic N) is 1. The molecule has 7 heteroatoms. The summed E-state index contributed by atoms with van der Waals surface area (Å²) < 4.78 is 10.1. The molecule has 0 radical (unpaired) electrons. The van der Waals surface area contributed by atoms with Crippen LogP contribution in [-0.2, 0) is 4.74 Å². The van der Waals surface area contributed by atoms with E-state index < -0.39 is 5.97 Å². The van der Waals surface area contributed by atoms with Crippen LogP contribution in [0.1, 0.15) is 26.3 Å².